The van der Waals surface area contributed by atoms with Crippen LogP contribution in [-0.4, -0.2) is 70.8 Å². The Kier molecular flexibility index (Phi) is 10.0. The molecular formula is C29H35N3O8S. The number of benzene rings is 1. The Balaban J connectivity index is 1.32. The van der Waals surface area contributed by atoms with Crippen LogP contribution in [-0.2, 0) is 29.5 Å². The monoisotopic (exact) mass is 585 g/mol. The summed E-state index contributed by atoms with van der Waals surface area (Å²) in [6.07, 6.45) is 3.43. The van der Waals surface area contributed by atoms with Gasteiger partial charge in [-0.05, 0) is 64.1 Å². The fourth-order valence-corrected chi connectivity index (χ4v) is 5.16. The van der Waals surface area contributed by atoms with Crippen molar-refractivity contribution in [1.82, 2.24) is 15.3 Å². The topological polar surface area (TPSA) is 139 Å². The highest BCUT2D eigenvalue weighted by Gasteiger charge is 2.42. The number of ether oxygens (including phenoxy) is 4. The van der Waals surface area contributed by atoms with Crippen molar-refractivity contribution in [3.05, 3.63) is 59.9 Å². The highest BCUT2D eigenvalue weighted by atomic mass is 32.2. The summed E-state index contributed by atoms with van der Waals surface area (Å²) in [5.41, 5.74) is 1.30. The lowest BCUT2D eigenvalue weighted by atomic mass is 10.1. The highest BCUT2D eigenvalue weighted by molar-refractivity contribution is 7.99. The van der Waals surface area contributed by atoms with Crippen LogP contribution in [0.3, 0.4) is 0 Å². The number of hydrogen-bond acceptors (Lipinski definition) is 11. The second-order valence-electron chi connectivity index (χ2n) is 10.6. The molecule has 0 aliphatic carbocycles. The molecule has 1 fully saturated rings. The first-order chi connectivity index (χ1) is 19.5. The lowest BCUT2D eigenvalue weighted by Crippen LogP contribution is -2.46. The van der Waals surface area contributed by atoms with Crippen molar-refractivity contribution in [1.29, 1.82) is 0 Å². The molecule has 1 amide bonds. The maximum atomic E-state index is 13.0. The van der Waals surface area contributed by atoms with Gasteiger partial charge in [-0.3, -0.25) is 9.78 Å². The number of carbonyl (C=O) groups is 3. The highest BCUT2D eigenvalue weighted by Crippen LogP contribution is 2.35. The number of pyridine rings is 1. The number of amides is 1. The van der Waals surface area contributed by atoms with E-state index in [1.165, 1.54) is 24.2 Å². The Bertz CT molecular complexity index is 1350. The summed E-state index contributed by atoms with van der Waals surface area (Å²) < 4.78 is 27.7. The van der Waals surface area contributed by atoms with Crippen LogP contribution in [0.15, 0.2) is 47.2 Å². The van der Waals surface area contributed by atoms with Gasteiger partial charge in [0.1, 0.15) is 17.9 Å². The molecule has 1 saturated heterocycles. The van der Waals surface area contributed by atoms with E-state index in [0.717, 1.165) is 16.6 Å². The SMILES string of the molecule is Cc1ccc2cc(C(=O)COC(=O)[C@H](CSCCCC3(c4ncco4)OCCO3)NC(=O)OC(C)(C)C)ccc2n1. The van der Waals surface area contributed by atoms with Gasteiger partial charge < -0.3 is 28.7 Å². The van der Waals surface area contributed by atoms with Crippen LogP contribution >= 0.6 is 11.8 Å². The summed E-state index contributed by atoms with van der Waals surface area (Å²) in [5, 5.41) is 3.39. The summed E-state index contributed by atoms with van der Waals surface area (Å²) in [6, 6.07) is 7.85. The van der Waals surface area contributed by atoms with E-state index in [1.54, 1.807) is 39.0 Å². The molecule has 1 aliphatic heterocycles. The van der Waals surface area contributed by atoms with E-state index in [2.05, 4.69) is 15.3 Å². The number of rotatable bonds is 12. The first-order valence-electron chi connectivity index (χ1n) is 13.4. The Morgan fingerprint density at radius 2 is 1.93 bits per heavy atom. The third kappa shape index (κ3) is 8.51. The third-order valence-corrected chi connectivity index (χ3v) is 7.21. The lowest BCUT2D eigenvalue weighted by Gasteiger charge is -2.24. The fraction of sp³-hybridized carbons (Fsp3) is 0.483. The first-order valence-corrected chi connectivity index (χ1v) is 14.5. The summed E-state index contributed by atoms with van der Waals surface area (Å²) in [4.78, 5) is 46.8. The average molecular weight is 586 g/mol. The molecule has 220 valence electrons. The van der Waals surface area contributed by atoms with E-state index < -0.39 is 36.1 Å². The second kappa shape index (κ2) is 13.5. The molecule has 0 bridgehead atoms. The van der Waals surface area contributed by atoms with Crippen LogP contribution in [0.5, 0.6) is 0 Å². The maximum Gasteiger partial charge on any atom is 0.408 e. The Labute approximate surface area is 242 Å². The molecule has 0 spiro atoms. The number of thioether (sulfide) groups is 1. The zero-order chi connectivity index (χ0) is 29.5. The van der Waals surface area contributed by atoms with Crippen LogP contribution in [0, 0.1) is 6.92 Å². The lowest BCUT2D eigenvalue weighted by molar-refractivity contribution is -0.186. The van der Waals surface area contributed by atoms with Crippen molar-refractivity contribution in [2.24, 2.45) is 0 Å². The van der Waals surface area contributed by atoms with Gasteiger partial charge >= 0.3 is 12.1 Å². The normalized spacial score (nSPS) is 15.4. The second-order valence-corrected chi connectivity index (χ2v) is 11.7. The molecule has 2 aromatic heterocycles. The molecule has 0 saturated carbocycles. The molecule has 41 heavy (non-hydrogen) atoms. The number of alkyl carbamates (subject to hydrolysis) is 1. The number of aromatic nitrogens is 2. The van der Waals surface area contributed by atoms with Gasteiger partial charge in [-0.15, -0.1) is 0 Å². The minimum atomic E-state index is -1.02. The molecular weight excluding hydrogens is 550 g/mol. The van der Waals surface area contributed by atoms with Gasteiger partial charge in [0, 0.05) is 28.8 Å². The number of aryl methyl sites for hydroxylation is 1. The molecule has 0 unspecified atom stereocenters. The molecule has 1 aliphatic rings. The van der Waals surface area contributed by atoms with Crippen molar-refractivity contribution in [3.63, 3.8) is 0 Å². The standard InChI is InChI=1S/C29H35N3O8S/c1-19-6-7-20-16-21(8-9-22(20)31-19)24(33)17-37-25(34)23(32-27(35)40-28(2,3)4)18-41-15-5-10-29(38-13-14-39-29)26-30-11-12-36-26/h6-9,11-12,16,23H,5,10,13-15,17-18H2,1-4H3,(H,32,35)/t23-/m0/s1. The fourth-order valence-electron chi connectivity index (χ4n) is 4.19. The van der Waals surface area contributed by atoms with Gasteiger partial charge in [0.15, 0.2) is 12.4 Å². The summed E-state index contributed by atoms with van der Waals surface area (Å²) >= 11 is 1.44. The van der Waals surface area contributed by atoms with E-state index in [0.29, 0.717) is 43.3 Å². The van der Waals surface area contributed by atoms with Crippen molar-refractivity contribution >= 4 is 40.5 Å². The number of fused-ring (bicyclic) bond motifs is 1. The van der Waals surface area contributed by atoms with E-state index >= 15 is 0 Å². The maximum absolute atomic E-state index is 13.0. The van der Waals surface area contributed by atoms with Crippen molar-refractivity contribution in [3.8, 4) is 0 Å². The van der Waals surface area contributed by atoms with E-state index in [4.69, 9.17) is 23.4 Å². The van der Waals surface area contributed by atoms with Gasteiger partial charge in [-0.2, -0.15) is 11.8 Å². The molecule has 12 heteroatoms. The Morgan fingerprint density at radius 3 is 2.63 bits per heavy atom. The van der Waals surface area contributed by atoms with E-state index in [1.807, 2.05) is 19.1 Å². The summed E-state index contributed by atoms with van der Waals surface area (Å²) in [7, 11) is 0. The zero-order valence-electron chi connectivity index (χ0n) is 23.6. The Hall–Kier alpha value is -3.48. The molecule has 1 N–H and O–H groups in total. The van der Waals surface area contributed by atoms with Crippen LogP contribution < -0.4 is 5.32 Å². The molecule has 11 nitrogen and oxygen atoms in total. The Morgan fingerprint density at radius 1 is 1.15 bits per heavy atom. The quantitative estimate of drug-likeness (QED) is 0.182. The van der Waals surface area contributed by atoms with Gasteiger partial charge in [-0.1, -0.05) is 6.07 Å². The van der Waals surface area contributed by atoms with Crippen LogP contribution in [0.4, 0.5) is 4.79 Å². The largest absolute Gasteiger partial charge is 0.456 e. The molecule has 3 aromatic rings. The van der Waals surface area contributed by atoms with Gasteiger partial charge in [0.2, 0.25) is 5.79 Å². The minimum Gasteiger partial charge on any atom is -0.456 e. The van der Waals surface area contributed by atoms with Gasteiger partial charge in [-0.25, -0.2) is 14.6 Å². The number of oxazole rings is 1. The van der Waals surface area contributed by atoms with Crippen LogP contribution in [0.25, 0.3) is 10.9 Å². The average Bonchev–Trinajstić information content (AvgIpc) is 3.63. The molecule has 1 aromatic carbocycles. The number of hydrogen-bond donors (Lipinski definition) is 1. The van der Waals surface area contributed by atoms with Gasteiger partial charge in [0.25, 0.3) is 5.89 Å². The predicted octanol–water partition coefficient (Wildman–Crippen LogP) is 4.56. The van der Waals surface area contributed by atoms with Crippen molar-refractivity contribution < 1.29 is 37.7 Å². The number of ketones is 1. The predicted molar refractivity (Wildman–Crippen MR) is 152 cm³/mol. The molecule has 4 rings (SSSR count). The number of nitrogens with zero attached hydrogens (tertiary/aromatic N) is 2. The van der Waals surface area contributed by atoms with Crippen molar-refractivity contribution in [2.45, 2.75) is 58.0 Å². The summed E-state index contributed by atoms with van der Waals surface area (Å²) in [5.74, 6) is -0.906. The molecule has 0 radical (unpaired) electrons. The van der Waals surface area contributed by atoms with Crippen LogP contribution in [0.2, 0.25) is 0 Å². The molecule has 1 atom stereocenters. The number of esters is 1. The molecule has 3 heterocycles. The van der Waals surface area contributed by atoms with Crippen LogP contribution in [0.1, 0.15) is 55.6 Å². The van der Waals surface area contributed by atoms with Gasteiger partial charge in [0.05, 0.1) is 24.9 Å². The first kappa shape index (κ1) is 30.5. The number of nitrogens with one attached hydrogen (secondary N) is 1. The third-order valence-electron chi connectivity index (χ3n) is 6.06. The minimum absolute atomic E-state index is 0.209. The summed E-state index contributed by atoms with van der Waals surface area (Å²) in [6.45, 7) is 7.49. The smallest absolute Gasteiger partial charge is 0.408 e. The van der Waals surface area contributed by atoms with E-state index in [-0.39, 0.29) is 11.5 Å². The number of carbonyl (C=O) groups excluding carboxylic acids is 3. The zero-order valence-corrected chi connectivity index (χ0v) is 24.5. The van der Waals surface area contributed by atoms with E-state index in [9.17, 15) is 14.4 Å². The number of Topliss-reactive ketones (excluding diaryl/α,β-unsaturated/α-hetero) is 1. The van der Waals surface area contributed by atoms with Crippen molar-refractivity contribution in [2.75, 3.05) is 31.3 Å².